The monoisotopic (exact) mass is 300 g/mol. The first-order valence-electron chi connectivity index (χ1n) is 7.00. The Bertz CT molecular complexity index is 898. The molecule has 3 aromatic rings. The number of aromatic nitrogens is 1. The normalized spacial score (nSPS) is 10.0. The van der Waals surface area contributed by atoms with Gasteiger partial charge in [0.25, 0.3) is 0 Å². The van der Waals surface area contributed by atoms with Crippen LogP contribution in [0.1, 0.15) is 16.1 Å². The molecule has 0 saturated carbocycles. The highest BCUT2D eigenvalue weighted by atomic mass is 16.4. The zero-order valence-corrected chi connectivity index (χ0v) is 12.1. The molecule has 0 bridgehead atoms. The zero-order chi connectivity index (χ0) is 16.2. The second-order valence-electron chi connectivity index (χ2n) is 4.93. The first-order valence-corrected chi connectivity index (χ1v) is 7.00. The second-order valence-corrected chi connectivity index (χ2v) is 4.93. The Labute approximate surface area is 133 Å². The number of carboxylic acids is 1. The fraction of sp³-hybridized carbons (Fsp3) is 0. The lowest BCUT2D eigenvalue weighted by molar-refractivity contribution is 0.0696. The fourth-order valence-corrected chi connectivity index (χ4v) is 2.42. The number of hydrogen-bond donors (Lipinski definition) is 1. The number of benzene rings is 2. The molecule has 1 heterocycles. The standard InChI is InChI=1S/C19H12N2O2/c20-12-17-16(19(22)23)11-15(13-7-3-1-4-8-13)18(21-17)14-9-5-2-6-10-14/h1-11H,(H,22,23). The molecule has 1 aromatic heterocycles. The van der Waals surface area contributed by atoms with E-state index in [-0.39, 0.29) is 11.3 Å². The van der Waals surface area contributed by atoms with Gasteiger partial charge in [-0.2, -0.15) is 5.26 Å². The molecule has 0 saturated heterocycles. The number of rotatable bonds is 3. The van der Waals surface area contributed by atoms with Crippen molar-refractivity contribution in [3.8, 4) is 28.5 Å². The van der Waals surface area contributed by atoms with E-state index >= 15 is 0 Å². The third-order valence-electron chi connectivity index (χ3n) is 3.49. The van der Waals surface area contributed by atoms with E-state index in [1.807, 2.05) is 66.7 Å². The predicted octanol–water partition coefficient (Wildman–Crippen LogP) is 3.99. The molecule has 2 aromatic carbocycles. The zero-order valence-electron chi connectivity index (χ0n) is 12.1. The molecule has 0 radical (unpaired) electrons. The van der Waals surface area contributed by atoms with Crippen LogP contribution in [-0.2, 0) is 0 Å². The lowest BCUT2D eigenvalue weighted by Crippen LogP contribution is -2.05. The number of carboxylic acid groups (broad SMARTS) is 1. The first kappa shape index (κ1) is 14.5. The summed E-state index contributed by atoms with van der Waals surface area (Å²) in [6.45, 7) is 0. The van der Waals surface area contributed by atoms with Gasteiger partial charge in [0, 0.05) is 11.1 Å². The molecule has 4 nitrogen and oxygen atoms in total. The predicted molar refractivity (Wildman–Crippen MR) is 86.8 cm³/mol. The van der Waals surface area contributed by atoms with Crippen LogP contribution in [0.3, 0.4) is 0 Å². The molecule has 0 atom stereocenters. The third-order valence-corrected chi connectivity index (χ3v) is 3.49. The largest absolute Gasteiger partial charge is 0.478 e. The molecule has 0 fully saturated rings. The maximum Gasteiger partial charge on any atom is 0.338 e. The summed E-state index contributed by atoms with van der Waals surface area (Å²) in [7, 11) is 0. The maximum atomic E-state index is 11.4. The van der Waals surface area contributed by atoms with E-state index in [2.05, 4.69) is 4.98 Å². The van der Waals surface area contributed by atoms with Crippen LogP contribution in [-0.4, -0.2) is 16.1 Å². The summed E-state index contributed by atoms with van der Waals surface area (Å²) in [6.07, 6.45) is 0. The van der Waals surface area contributed by atoms with Gasteiger partial charge in [-0.1, -0.05) is 60.7 Å². The molecular formula is C19H12N2O2. The molecule has 23 heavy (non-hydrogen) atoms. The van der Waals surface area contributed by atoms with Crippen molar-refractivity contribution in [2.24, 2.45) is 0 Å². The topological polar surface area (TPSA) is 74.0 Å². The highest BCUT2D eigenvalue weighted by Crippen LogP contribution is 2.32. The van der Waals surface area contributed by atoms with Crippen molar-refractivity contribution in [2.45, 2.75) is 0 Å². The molecule has 0 amide bonds. The minimum atomic E-state index is -1.16. The quantitative estimate of drug-likeness (QED) is 0.793. The number of carbonyl (C=O) groups is 1. The van der Waals surface area contributed by atoms with Gasteiger partial charge in [0.2, 0.25) is 0 Å². The van der Waals surface area contributed by atoms with Crippen LogP contribution in [0.5, 0.6) is 0 Å². The first-order chi connectivity index (χ1) is 11.2. The van der Waals surface area contributed by atoms with E-state index in [0.717, 1.165) is 11.1 Å². The number of hydrogen-bond acceptors (Lipinski definition) is 3. The van der Waals surface area contributed by atoms with Gasteiger partial charge in [-0.25, -0.2) is 9.78 Å². The van der Waals surface area contributed by atoms with E-state index < -0.39 is 5.97 Å². The van der Waals surface area contributed by atoms with Crippen LogP contribution in [0.25, 0.3) is 22.4 Å². The Kier molecular flexibility index (Phi) is 3.86. The smallest absolute Gasteiger partial charge is 0.338 e. The molecule has 4 heteroatoms. The summed E-state index contributed by atoms with van der Waals surface area (Å²) < 4.78 is 0. The van der Waals surface area contributed by atoms with Gasteiger partial charge in [-0.3, -0.25) is 0 Å². The van der Waals surface area contributed by atoms with Gasteiger partial charge >= 0.3 is 5.97 Å². The third kappa shape index (κ3) is 2.81. The van der Waals surface area contributed by atoms with E-state index in [1.165, 1.54) is 6.07 Å². The maximum absolute atomic E-state index is 11.4. The van der Waals surface area contributed by atoms with Gasteiger partial charge < -0.3 is 5.11 Å². The lowest BCUT2D eigenvalue weighted by Gasteiger charge is -2.11. The van der Waals surface area contributed by atoms with E-state index in [1.54, 1.807) is 0 Å². The highest BCUT2D eigenvalue weighted by molar-refractivity contribution is 5.94. The van der Waals surface area contributed by atoms with Gasteiger partial charge in [0.1, 0.15) is 6.07 Å². The summed E-state index contributed by atoms with van der Waals surface area (Å²) in [5.41, 5.74) is 2.79. The lowest BCUT2D eigenvalue weighted by atomic mass is 9.96. The summed E-state index contributed by atoms with van der Waals surface area (Å²) in [5.74, 6) is -1.16. The van der Waals surface area contributed by atoms with Crippen molar-refractivity contribution in [1.82, 2.24) is 4.98 Å². The molecule has 0 aliphatic heterocycles. The van der Waals surface area contributed by atoms with Crippen LogP contribution < -0.4 is 0 Å². The van der Waals surface area contributed by atoms with Crippen molar-refractivity contribution in [2.75, 3.05) is 0 Å². The summed E-state index contributed by atoms with van der Waals surface area (Å²) in [5, 5.41) is 18.6. The average molecular weight is 300 g/mol. The Hall–Kier alpha value is -3.45. The van der Waals surface area contributed by atoms with Crippen molar-refractivity contribution in [3.63, 3.8) is 0 Å². The molecule has 3 rings (SSSR count). The van der Waals surface area contributed by atoms with Crippen molar-refractivity contribution in [3.05, 3.63) is 78.0 Å². The molecule has 0 aliphatic rings. The summed E-state index contributed by atoms with van der Waals surface area (Å²) in [4.78, 5) is 15.7. The van der Waals surface area contributed by atoms with Crippen molar-refractivity contribution < 1.29 is 9.90 Å². The Balaban J connectivity index is 2.33. The van der Waals surface area contributed by atoms with Gasteiger partial charge in [-0.05, 0) is 11.6 Å². The Morgan fingerprint density at radius 2 is 1.52 bits per heavy atom. The van der Waals surface area contributed by atoms with E-state index in [4.69, 9.17) is 0 Å². The summed E-state index contributed by atoms with van der Waals surface area (Å²) >= 11 is 0. The van der Waals surface area contributed by atoms with Gasteiger partial charge in [0.15, 0.2) is 5.69 Å². The fourth-order valence-electron chi connectivity index (χ4n) is 2.42. The molecule has 0 aliphatic carbocycles. The van der Waals surface area contributed by atoms with E-state index in [9.17, 15) is 15.2 Å². The molecule has 110 valence electrons. The van der Waals surface area contributed by atoms with E-state index in [0.29, 0.717) is 11.3 Å². The second kappa shape index (κ2) is 6.12. The minimum Gasteiger partial charge on any atom is -0.478 e. The van der Waals surface area contributed by atoms with Crippen molar-refractivity contribution in [1.29, 1.82) is 5.26 Å². The number of pyridine rings is 1. The molecule has 0 unspecified atom stereocenters. The SMILES string of the molecule is N#Cc1nc(-c2ccccc2)c(-c2ccccc2)cc1C(=O)O. The average Bonchev–Trinajstić information content (AvgIpc) is 2.62. The van der Waals surface area contributed by atoms with Crippen LogP contribution in [0.2, 0.25) is 0 Å². The summed E-state index contributed by atoms with van der Waals surface area (Å²) in [6, 6.07) is 22.2. The minimum absolute atomic E-state index is 0.0870. The van der Waals surface area contributed by atoms with Crippen LogP contribution in [0, 0.1) is 11.3 Å². The van der Waals surface area contributed by atoms with Gasteiger partial charge in [0.05, 0.1) is 11.3 Å². The molecule has 1 N–H and O–H groups in total. The Morgan fingerprint density at radius 3 is 2.04 bits per heavy atom. The molecule has 0 spiro atoms. The van der Waals surface area contributed by atoms with Gasteiger partial charge in [-0.15, -0.1) is 0 Å². The number of nitrogens with zero attached hydrogens (tertiary/aromatic N) is 2. The highest BCUT2D eigenvalue weighted by Gasteiger charge is 2.18. The number of nitriles is 1. The van der Waals surface area contributed by atoms with Crippen LogP contribution in [0.4, 0.5) is 0 Å². The van der Waals surface area contributed by atoms with Crippen molar-refractivity contribution >= 4 is 5.97 Å². The van der Waals surface area contributed by atoms with Crippen LogP contribution >= 0.6 is 0 Å². The molecular weight excluding hydrogens is 288 g/mol. The van der Waals surface area contributed by atoms with Crippen LogP contribution in [0.15, 0.2) is 66.7 Å². The Morgan fingerprint density at radius 1 is 0.957 bits per heavy atom. The number of aromatic carboxylic acids is 1.